The van der Waals surface area contributed by atoms with Gasteiger partial charge in [0, 0.05) is 43.2 Å². The van der Waals surface area contributed by atoms with Gasteiger partial charge in [0.1, 0.15) is 18.2 Å². The summed E-state index contributed by atoms with van der Waals surface area (Å²) in [6.07, 6.45) is 3.88. The molecule has 4 aromatic rings. The van der Waals surface area contributed by atoms with Gasteiger partial charge in [-0.2, -0.15) is 0 Å². The number of hydrogen-bond acceptors (Lipinski definition) is 5. The summed E-state index contributed by atoms with van der Waals surface area (Å²) in [6, 6.07) is 15.1. The highest BCUT2D eigenvalue weighted by molar-refractivity contribution is 6.33. The number of ether oxygens (including phenoxy) is 2. The lowest BCUT2D eigenvalue weighted by molar-refractivity contribution is 0.146. The summed E-state index contributed by atoms with van der Waals surface area (Å²) in [5, 5.41) is 3.49. The molecule has 9 heteroatoms. The van der Waals surface area contributed by atoms with Gasteiger partial charge in [-0.3, -0.25) is 0 Å². The van der Waals surface area contributed by atoms with Crippen LogP contribution in [-0.2, 0) is 4.74 Å². The van der Waals surface area contributed by atoms with E-state index in [1.54, 1.807) is 25.4 Å². The molecule has 3 heterocycles. The SMILES string of the molecule is COCCOc1ccc(-c2cnc3nc(-c4cc(NC(=O)N5CCCC5)ccc4Cl)[nH]c3c2)cc1. The highest BCUT2D eigenvalue weighted by atomic mass is 35.5. The van der Waals surface area contributed by atoms with Crippen molar-refractivity contribution in [1.29, 1.82) is 0 Å². The normalized spacial score (nSPS) is 13.4. The molecular weight excluding hydrogens is 466 g/mol. The number of likely N-dealkylation sites (tertiary alicyclic amines) is 1. The number of urea groups is 1. The minimum atomic E-state index is -0.0956. The Morgan fingerprint density at radius 1 is 1.09 bits per heavy atom. The van der Waals surface area contributed by atoms with Crippen molar-refractivity contribution in [2.75, 3.05) is 38.7 Å². The van der Waals surface area contributed by atoms with Crippen LogP contribution in [0.3, 0.4) is 0 Å². The third-order valence-electron chi connectivity index (χ3n) is 5.95. The van der Waals surface area contributed by atoms with Crippen LogP contribution in [0, 0.1) is 0 Å². The molecule has 1 saturated heterocycles. The molecule has 1 fully saturated rings. The van der Waals surface area contributed by atoms with E-state index in [0.29, 0.717) is 41.0 Å². The highest BCUT2D eigenvalue weighted by Crippen LogP contribution is 2.31. The summed E-state index contributed by atoms with van der Waals surface area (Å²) < 4.78 is 10.6. The van der Waals surface area contributed by atoms with Crippen LogP contribution in [0.25, 0.3) is 33.7 Å². The van der Waals surface area contributed by atoms with Gasteiger partial charge < -0.3 is 24.7 Å². The zero-order valence-electron chi connectivity index (χ0n) is 19.4. The van der Waals surface area contributed by atoms with Crippen molar-refractivity contribution in [2.24, 2.45) is 0 Å². The maximum Gasteiger partial charge on any atom is 0.321 e. The second-order valence-electron chi connectivity index (χ2n) is 8.37. The number of aromatic amines is 1. The number of carbonyl (C=O) groups is 1. The Kier molecular flexibility index (Phi) is 6.83. The first-order chi connectivity index (χ1) is 17.1. The van der Waals surface area contributed by atoms with Gasteiger partial charge in [-0.1, -0.05) is 23.7 Å². The number of hydrogen-bond donors (Lipinski definition) is 2. The van der Waals surface area contributed by atoms with Crippen LogP contribution in [-0.4, -0.2) is 59.3 Å². The van der Waals surface area contributed by atoms with Crippen molar-refractivity contribution < 1.29 is 14.3 Å². The largest absolute Gasteiger partial charge is 0.491 e. The second-order valence-corrected chi connectivity index (χ2v) is 8.77. The smallest absolute Gasteiger partial charge is 0.321 e. The van der Waals surface area contributed by atoms with E-state index in [0.717, 1.165) is 48.3 Å². The van der Waals surface area contributed by atoms with Gasteiger partial charge in [0.15, 0.2) is 5.65 Å². The number of pyridine rings is 1. The molecule has 2 aromatic heterocycles. The average Bonchev–Trinajstić information content (AvgIpc) is 3.56. The molecule has 1 aliphatic rings. The van der Waals surface area contributed by atoms with E-state index in [4.69, 9.17) is 21.1 Å². The lowest BCUT2D eigenvalue weighted by atomic mass is 10.1. The number of benzene rings is 2. The van der Waals surface area contributed by atoms with Gasteiger partial charge in [0.2, 0.25) is 0 Å². The van der Waals surface area contributed by atoms with Crippen LogP contribution in [0.1, 0.15) is 12.8 Å². The second kappa shape index (κ2) is 10.3. The Bertz CT molecular complexity index is 1330. The topological polar surface area (TPSA) is 92.4 Å². The maximum absolute atomic E-state index is 12.5. The first-order valence-corrected chi connectivity index (χ1v) is 11.9. The number of carbonyl (C=O) groups excluding carboxylic acids is 1. The van der Waals surface area contributed by atoms with Crippen LogP contribution >= 0.6 is 11.6 Å². The van der Waals surface area contributed by atoms with E-state index in [9.17, 15) is 4.79 Å². The van der Waals surface area contributed by atoms with Crippen molar-refractivity contribution >= 4 is 34.5 Å². The number of imidazole rings is 1. The molecular formula is C26H26ClN5O3. The fourth-order valence-electron chi connectivity index (χ4n) is 4.08. The lowest BCUT2D eigenvalue weighted by Crippen LogP contribution is -2.32. The molecule has 8 nitrogen and oxygen atoms in total. The molecule has 2 aromatic carbocycles. The number of rotatable bonds is 7. The minimum absolute atomic E-state index is 0.0956. The molecule has 180 valence electrons. The molecule has 35 heavy (non-hydrogen) atoms. The predicted octanol–water partition coefficient (Wildman–Crippen LogP) is 5.60. The van der Waals surface area contributed by atoms with Gasteiger partial charge in [-0.15, -0.1) is 0 Å². The minimum Gasteiger partial charge on any atom is -0.491 e. The number of H-pyrrole nitrogens is 1. The third-order valence-corrected chi connectivity index (χ3v) is 6.28. The molecule has 0 unspecified atom stereocenters. The summed E-state index contributed by atoms with van der Waals surface area (Å²) in [5.41, 5.74) is 4.71. The molecule has 2 amide bonds. The Morgan fingerprint density at radius 3 is 2.66 bits per heavy atom. The van der Waals surface area contributed by atoms with E-state index >= 15 is 0 Å². The third kappa shape index (κ3) is 5.23. The Balaban J connectivity index is 1.37. The van der Waals surface area contributed by atoms with Crippen LogP contribution in [0.4, 0.5) is 10.5 Å². The summed E-state index contributed by atoms with van der Waals surface area (Å²) >= 11 is 6.49. The maximum atomic E-state index is 12.5. The number of nitrogens with one attached hydrogen (secondary N) is 2. The molecule has 1 aliphatic heterocycles. The fourth-order valence-corrected chi connectivity index (χ4v) is 4.29. The molecule has 5 rings (SSSR count). The molecule has 0 saturated carbocycles. The predicted molar refractivity (Wildman–Crippen MR) is 137 cm³/mol. The number of amides is 2. The summed E-state index contributed by atoms with van der Waals surface area (Å²) in [5.74, 6) is 1.38. The number of aromatic nitrogens is 3. The fraction of sp³-hybridized carbons (Fsp3) is 0.269. The summed E-state index contributed by atoms with van der Waals surface area (Å²) in [4.78, 5) is 26.8. The Hall–Kier alpha value is -3.62. The van der Waals surface area contributed by atoms with Crippen LogP contribution in [0.5, 0.6) is 5.75 Å². The first-order valence-electron chi connectivity index (χ1n) is 11.5. The molecule has 0 spiro atoms. The number of methoxy groups -OCH3 is 1. The van der Waals surface area contributed by atoms with E-state index in [-0.39, 0.29) is 6.03 Å². The zero-order chi connectivity index (χ0) is 24.2. The van der Waals surface area contributed by atoms with E-state index < -0.39 is 0 Å². The quantitative estimate of drug-likeness (QED) is 0.328. The van der Waals surface area contributed by atoms with Crippen molar-refractivity contribution in [3.05, 3.63) is 59.8 Å². The van der Waals surface area contributed by atoms with Crippen LogP contribution in [0.15, 0.2) is 54.7 Å². The standard InChI is InChI=1S/C26H26ClN5O3/c1-34-12-13-35-20-7-4-17(5-8-20)18-14-23-25(28-16-18)31-24(30-23)21-15-19(6-9-22(21)27)29-26(33)32-10-2-3-11-32/h4-9,14-16H,2-3,10-13H2,1H3,(H,29,33)(H,28,30,31). The van der Waals surface area contributed by atoms with Crippen molar-refractivity contribution in [2.45, 2.75) is 12.8 Å². The van der Waals surface area contributed by atoms with Crippen molar-refractivity contribution in [3.8, 4) is 28.3 Å². The zero-order valence-corrected chi connectivity index (χ0v) is 20.1. The molecule has 0 bridgehead atoms. The van der Waals surface area contributed by atoms with Gasteiger partial charge in [0.05, 0.1) is 17.1 Å². The number of halogens is 1. The number of fused-ring (bicyclic) bond motifs is 1. The molecule has 0 radical (unpaired) electrons. The molecule has 0 atom stereocenters. The van der Waals surface area contributed by atoms with Gasteiger partial charge in [0.25, 0.3) is 0 Å². The molecule has 2 N–H and O–H groups in total. The first kappa shape index (κ1) is 23.1. The number of anilines is 1. The monoisotopic (exact) mass is 491 g/mol. The summed E-state index contributed by atoms with van der Waals surface area (Å²) in [7, 11) is 1.65. The number of nitrogens with zero attached hydrogens (tertiary/aromatic N) is 3. The Labute approximate surface area is 208 Å². The van der Waals surface area contributed by atoms with Crippen molar-refractivity contribution in [3.63, 3.8) is 0 Å². The molecule has 0 aliphatic carbocycles. The highest BCUT2D eigenvalue weighted by Gasteiger charge is 2.19. The summed E-state index contributed by atoms with van der Waals surface area (Å²) in [6.45, 7) is 2.62. The van der Waals surface area contributed by atoms with E-state index in [1.165, 1.54) is 0 Å². The lowest BCUT2D eigenvalue weighted by Gasteiger charge is -2.16. The van der Waals surface area contributed by atoms with Crippen molar-refractivity contribution in [1.82, 2.24) is 19.9 Å². The average molecular weight is 492 g/mol. The Morgan fingerprint density at radius 2 is 1.89 bits per heavy atom. The van der Waals surface area contributed by atoms with Crippen LogP contribution in [0.2, 0.25) is 5.02 Å². The van der Waals surface area contributed by atoms with Gasteiger partial charge >= 0.3 is 6.03 Å². The van der Waals surface area contributed by atoms with E-state index in [2.05, 4.69) is 20.3 Å². The van der Waals surface area contributed by atoms with Gasteiger partial charge in [-0.05, 0) is 54.8 Å². The van der Waals surface area contributed by atoms with Gasteiger partial charge in [-0.25, -0.2) is 14.8 Å². The van der Waals surface area contributed by atoms with E-state index in [1.807, 2.05) is 41.3 Å². The van der Waals surface area contributed by atoms with Crippen LogP contribution < -0.4 is 10.1 Å².